The van der Waals surface area contributed by atoms with Crippen LogP contribution >= 0.6 is 11.3 Å². The van der Waals surface area contributed by atoms with E-state index in [2.05, 4.69) is 0 Å². The highest BCUT2D eigenvalue weighted by Crippen LogP contribution is 2.31. The molecule has 0 saturated heterocycles. The van der Waals surface area contributed by atoms with Gasteiger partial charge in [-0.15, -0.1) is 11.3 Å². The third kappa shape index (κ3) is 4.88. The standard InChI is InChI=1S/C24H23NO5S/c1-16-12-20(21(26)15-29-24(27)10-9-19-6-5-11-31-19)17(2)25(16)13-18-14-28-22-7-3-4-8-23(22)30-18/h3-12,18H,13-15H2,1-2H3. The van der Waals surface area contributed by atoms with Crippen molar-refractivity contribution >= 4 is 29.2 Å². The first-order valence-corrected chi connectivity index (χ1v) is 10.9. The Balaban J connectivity index is 1.37. The molecule has 3 aromatic rings. The van der Waals surface area contributed by atoms with Gasteiger partial charge in [-0.05, 0) is 49.6 Å². The van der Waals surface area contributed by atoms with Crippen molar-refractivity contribution in [2.24, 2.45) is 0 Å². The van der Waals surface area contributed by atoms with E-state index in [0.717, 1.165) is 27.8 Å². The van der Waals surface area contributed by atoms with E-state index < -0.39 is 5.97 Å². The molecule has 160 valence electrons. The highest BCUT2D eigenvalue weighted by atomic mass is 32.1. The molecule has 6 nitrogen and oxygen atoms in total. The Hall–Kier alpha value is -3.32. The van der Waals surface area contributed by atoms with Gasteiger partial charge in [-0.25, -0.2) is 4.79 Å². The first-order chi connectivity index (χ1) is 15.0. The molecule has 1 unspecified atom stereocenters. The number of Topliss-reactive ketones (excluding diaryl/α,β-unsaturated/α-hetero) is 1. The Morgan fingerprint density at radius 2 is 2.00 bits per heavy atom. The minimum Gasteiger partial charge on any atom is -0.486 e. The molecule has 2 aromatic heterocycles. The second-order valence-corrected chi connectivity index (χ2v) is 8.25. The molecule has 0 N–H and O–H groups in total. The Morgan fingerprint density at radius 1 is 1.19 bits per heavy atom. The predicted molar refractivity (Wildman–Crippen MR) is 119 cm³/mol. The van der Waals surface area contributed by atoms with Crippen LogP contribution in [0.2, 0.25) is 0 Å². The predicted octanol–water partition coefficient (Wildman–Crippen LogP) is 4.45. The summed E-state index contributed by atoms with van der Waals surface area (Å²) in [5.74, 6) is 0.691. The van der Waals surface area contributed by atoms with Crippen LogP contribution in [-0.2, 0) is 16.1 Å². The van der Waals surface area contributed by atoms with Crippen LogP contribution < -0.4 is 9.47 Å². The number of aryl methyl sites for hydroxylation is 1. The molecule has 31 heavy (non-hydrogen) atoms. The molecule has 0 aliphatic carbocycles. The van der Waals surface area contributed by atoms with Gasteiger partial charge in [-0.2, -0.15) is 0 Å². The number of ketones is 1. The first kappa shape index (κ1) is 20.9. The number of carbonyl (C=O) groups is 2. The van der Waals surface area contributed by atoms with Crippen LogP contribution in [0.15, 0.2) is 53.9 Å². The van der Waals surface area contributed by atoms with Crippen LogP contribution in [0, 0.1) is 13.8 Å². The largest absolute Gasteiger partial charge is 0.486 e. The summed E-state index contributed by atoms with van der Waals surface area (Å²) in [6, 6.07) is 13.2. The molecule has 1 aliphatic rings. The second kappa shape index (κ2) is 9.22. The van der Waals surface area contributed by atoms with Crippen molar-refractivity contribution in [3.05, 3.63) is 75.7 Å². The van der Waals surface area contributed by atoms with Gasteiger partial charge in [0.05, 0.1) is 6.54 Å². The number of carbonyl (C=O) groups excluding carboxylic acids is 2. The number of para-hydroxylation sites is 2. The van der Waals surface area contributed by atoms with E-state index in [1.165, 1.54) is 17.4 Å². The zero-order valence-corrected chi connectivity index (χ0v) is 18.2. The van der Waals surface area contributed by atoms with Crippen molar-refractivity contribution < 1.29 is 23.8 Å². The average Bonchev–Trinajstić information content (AvgIpc) is 3.40. The lowest BCUT2D eigenvalue weighted by Gasteiger charge is -2.27. The smallest absolute Gasteiger partial charge is 0.331 e. The van der Waals surface area contributed by atoms with E-state index in [1.54, 1.807) is 6.08 Å². The van der Waals surface area contributed by atoms with Crippen LogP contribution in [-0.4, -0.2) is 35.6 Å². The third-order valence-corrected chi connectivity index (χ3v) is 5.94. The maximum Gasteiger partial charge on any atom is 0.331 e. The van der Waals surface area contributed by atoms with Gasteiger partial charge in [0.1, 0.15) is 6.61 Å². The maximum absolute atomic E-state index is 12.7. The maximum atomic E-state index is 12.7. The normalized spacial score (nSPS) is 15.2. The van der Waals surface area contributed by atoms with Gasteiger partial charge in [0, 0.05) is 27.9 Å². The zero-order valence-electron chi connectivity index (χ0n) is 17.4. The molecular formula is C24H23NO5S. The van der Waals surface area contributed by atoms with Crippen molar-refractivity contribution in [3.63, 3.8) is 0 Å². The van der Waals surface area contributed by atoms with E-state index in [4.69, 9.17) is 14.2 Å². The number of thiophene rings is 1. The summed E-state index contributed by atoms with van der Waals surface area (Å²) < 4.78 is 19.0. The summed E-state index contributed by atoms with van der Waals surface area (Å²) in [4.78, 5) is 25.5. The number of hydrogen-bond acceptors (Lipinski definition) is 6. The molecule has 0 radical (unpaired) electrons. The van der Waals surface area contributed by atoms with Gasteiger partial charge in [-0.3, -0.25) is 4.79 Å². The molecule has 1 aromatic carbocycles. The number of aromatic nitrogens is 1. The zero-order chi connectivity index (χ0) is 21.8. The molecular weight excluding hydrogens is 414 g/mol. The van der Waals surface area contributed by atoms with Crippen LogP contribution in [0.25, 0.3) is 6.08 Å². The van der Waals surface area contributed by atoms with Gasteiger partial charge < -0.3 is 18.8 Å². The molecule has 0 bridgehead atoms. The minimum absolute atomic E-state index is 0.164. The number of fused-ring (bicyclic) bond motifs is 1. The number of ether oxygens (including phenoxy) is 3. The summed E-state index contributed by atoms with van der Waals surface area (Å²) in [6.07, 6.45) is 2.84. The SMILES string of the molecule is Cc1cc(C(=O)COC(=O)C=Cc2cccs2)c(C)n1CC1COc2ccccc2O1. The summed E-state index contributed by atoms with van der Waals surface area (Å²) >= 11 is 1.52. The number of esters is 1. The lowest BCUT2D eigenvalue weighted by atomic mass is 10.1. The molecule has 0 spiro atoms. The van der Waals surface area contributed by atoms with E-state index in [0.29, 0.717) is 18.7 Å². The monoisotopic (exact) mass is 437 g/mol. The molecule has 4 rings (SSSR count). The topological polar surface area (TPSA) is 66.8 Å². The Bertz CT molecular complexity index is 1110. The number of nitrogens with zero attached hydrogens (tertiary/aromatic N) is 1. The van der Waals surface area contributed by atoms with Gasteiger partial charge in [-0.1, -0.05) is 18.2 Å². The average molecular weight is 438 g/mol. The molecule has 1 atom stereocenters. The van der Waals surface area contributed by atoms with Crippen molar-refractivity contribution in [1.82, 2.24) is 4.57 Å². The van der Waals surface area contributed by atoms with Crippen molar-refractivity contribution in [2.75, 3.05) is 13.2 Å². The molecule has 0 fully saturated rings. The molecule has 0 saturated carbocycles. The molecule has 7 heteroatoms. The Labute approximate surface area is 184 Å². The third-order valence-electron chi connectivity index (χ3n) is 5.10. The quantitative estimate of drug-likeness (QED) is 0.310. The number of hydrogen-bond donors (Lipinski definition) is 0. The number of benzene rings is 1. The first-order valence-electron chi connectivity index (χ1n) is 9.98. The second-order valence-electron chi connectivity index (χ2n) is 7.27. The fourth-order valence-electron chi connectivity index (χ4n) is 3.52. The number of rotatable bonds is 7. The summed E-state index contributed by atoms with van der Waals surface area (Å²) in [5.41, 5.74) is 2.30. The van der Waals surface area contributed by atoms with Crippen LogP contribution in [0.1, 0.15) is 26.6 Å². The van der Waals surface area contributed by atoms with Crippen molar-refractivity contribution in [2.45, 2.75) is 26.5 Å². The van der Waals surface area contributed by atoms with Gasteiger partial charge in [0.25, 0.3) is 0 Å². The fourth-order valence-corrected chi connectivity index (χ4v) is 4.14. The summed E-state index contributed by atoms with van der Waals surface area (Å²) in [6.45, 7) is 4.52. The fraction of sp³-hybridized carbons (Fsp3) is 0.250. The van der Waals surface area contributed by atoms with Crippen LogP contribution in [0.4, 0.5) is 0 Å². The highest BCUT2D eigenvalue weighted by molar-refractivity contribution is 7.10. The van der Waals surface area contributed by atoms with Crippen LogP contribution in [0.5, 0.6) is 11.5 Å². The molecule has 0 amide bonds. The highest BCUT2D eigenvalue weighted by Gasteiger charge is 2.24. The van der Waals surface area contributed by atoms with E-state index in [-0.39, 0.29) is 18.5 Å². The summed E-state index contributed by atoms with van der Waals surface area (Å²) in [7, 11) is 0. The van der Waals surface area contributed by atoms with E-state index >= 15 is 0 Å². The van der Waals surface area contributed by atoms with E-state index in [1.807, 2.05) is 66.3 Å². The van der Waals surface area contributed by atoms with Gasteiger partial charge in [0.2, 0.25) is 5.78 Å². The lowest BCUT2D eigenvalue weighted by molar-refractivity contribution is -0.136. The molecule has 3 heterocycles. The van der Waals surface area contributed by atoms with Crippen LogP contribution in [0.3, 0.4) is 0 Å². The van der Waals surface area contributed by atoms with Gasteiger partial charge >= 0.3 is 5.97 Å². The summed E-state index contributed by atoms with van der Waals surface area (Å²) in [5, 5.41) is 1.92. The minimum atomic E-state index is -0.540. The Morgan fingerprint density at radius 3 is 2.77 bits per heavy atom. The van der Waals surface area contributed by atoms with Crippen molar-refractivity contribution in [1.29, 1.82) is 0 Å². The Kier molecular flexibility index (Phi) is 6.23. The van der Waals surface area contributed by atoms with E-state index in [9.17, 15) is 9.59 Å². The van der Waals surface area contributed by atoms with Crippen molar-refractivity contribution in [3.8, 4) is 11.5 Å². The lowest BCUT2D eigenvalue weighted by Crippen LogP contribution is -2.33. The molecule has 1 aliphatic heterocycles. The van der Waals surface area contributed by atoms with Gasteiger partial charge in [0.15, 0.2) is 24.2 Å².